The van der Waals surface area contributed by atoms with Crippen LogP contribution < -0.4 is 15.8 Å². The van der Waals surface area contributed by atoms with Crippen molar-refractivity contribution in [1.29, 1.82) is 0 Å². The van der Waals surface area contributed by atoms with Crippen molar-refractivity contribution in [1.82, 2.24) is 9.88 Å². The second-order valence-electron chi connectivity index (χ2n) is 4.24. The summed E-state index contributed by atoms with van der Waals surface area (Å²) >= 11 is 0. The van der Waals surface area contributed by atoms with E-state index in [0.717, 1.165) is 0 Å². The summed E-state index contributed by atoms with van der Waals surface area (Å²) in [5.74, 6) is 0.710. The van der Waals surface area contributed by atoms with Crippen LogP contribution in [0.3, 0.4) is 0 Å². The summed E-state index contributed by atoms with van der Waals surface area (Å²) in [7, 11) is -2.14. The predicted molar refractivity (Wildman–Crippen MR) is 75.7 cm³/mol. The maximum atomic E-state index is 11.7. The molecule has 2 aromatic rings. The molecule has 20 heavy (non-hydrogen) atoms. The van der Waals surface area contributed by atoms with Gasteiger partial charge in [0.2, 0.25) is 10.0 Å². The minimum absolute atomic E-state index is 0.146. The van der Waals surface area contributed by atoms with Gasteiger partial charge in [-0.05, 0) is 32.2 Å². The molecular weight excluding hydrogens is 280 g/mol. The average molecular weight is 296 g/mol. The van der Waals surface area contributed by atoms with Crippen molar-refractivity contribution in [3.63, 3.8) is 0 Å². The minimum atomic E-state index is -3.50. The van der Waals surface area contributed by atoms with E-state index in [4.69, 9.17) is 10.3 Å². The molecule has 0 aliphatic carbocycles. The molecule has 0 radical (unpaired) electrons. The lowest BCUT2D eigenvalue weighted by atomic mass is 10.2. The highest BCUT2D eigenvalue weighted by molar-refractivity contribution is 7.89. The zero-order chi connectivity index (χ0) is 14.8. The number of benzene rings is 1. The Morgan fingerprint density at radius 3 is 2.70 bits per heavy atom. The average Bonchev–Trinajstić information content (AvgIpc) is 2.83. The van der Waals surface area contributed by atoms with Crippen LogP contribution in [0.5, 0.6) is 0 Å². The molecule has 7 nitrogen and oxygen atoms in total. The van der Waals surface area contributed by atoms with E-state index < -0.39 is 10.0 Å². The maximum absolute atomic E-state index is 11.7. The van der Waals surface area contributed by atoms with Gasteiger partial charge in [0, 0.05) is 6.07 Å². The molecule has 0 aliphatic heterocycles. The van der Waals surface area contributed by atoms with Gasteiger partial charge in [-0.1, -0.05) is 5.16 Å². The van der Waals surface area contributed by atoms with Gasteiger partial charge in [-0.3, -0.25) is 0 Å². The van der Waals surface area contributed by atoms with Crippen molar-refractivity contribution in [2.24, 2.45) is 0 Å². The van der Waals surface area contributed by atoms with Gasteiger partial charge in [0.15, 0.2) is 0 Å². The van der Waals surface area contributed by atoms with E-state index in [2.05, 4.69) is 15.2 Å². The van der Waals surface area contributed by atoms with Gasteiger partial charge in [-0.25, -0.2) is 13.1 Å². The number of aromatic nitrogens is 1. The number of nitrogens with one attached hydrogen (secondary N) is 2. The zero-order valence-corrected chi connectivity index (χ0v) is 12.0. The van der Waals surface area contributed by atoms with Crippen LogP contribution >= 0.6 is 0 Å². The molecular formula is C12H16N4O3S. The summed E-state index contributed by atoms with van der Waals surface area (Å²) in [5, 5.41) is 6.88. The second-order valence-corrected chi connectivity index (χ2v) is 6.13. The van der Waals surface area contributed by atoms with Crippen LogP contribution in [0.2, 0.25) is 0 Å². The van der Waals surface area contributed by atoms with E-state index in [1.165, 1.54) is 19.2 Å². The summed E-state index contributed by atoms with van der Waals surface area (Å²) in [6.07, 6.45) is 0. The molecule has 108 valence electrons. The standard InChI is InChI=1S/C12H16N4O3S/c1-8-5-9(16-19-8)7-15-12-6-10(3-4-11(12)13)20(17,18)14-2/h3-6,14-15H,7,13H2,1-2H3. The van der Waals surface area contributed by atoms with Gasteiger partial charge in [-0.2, -0.15) is 0 Å². The molecule has 1 aromatic carbocycles. The number of hydrogen-bond donors (Lipinski definition) is 3. The van der Waals surface area contributed by atoms with Crippen molar-refractivity contribution in [3.8, 4) is 0 Å². The summed E-state index contributed by atoms with van der Waals surface area (Å²) in [6.45, 7) is 2.19. The number of aryl methyl sites for hydroxylation is 1. The Balaban J connectivity index is 2.21. The van der Waals surface area contributed by atoms with E-state index >= 15 is 0 Å². The minimum Gasteiger partial charge on any atom is -0.397 e. The number of hydrogen-bond acceptors (Lipinski definition) is 6. The lowest BCUT2D eigenvalue weighted by molar-refractivity contribution is 0.391. The van der Waals surface area contributed by atoms with Crippen molar-refractivity contribution in [3.05, 3.63) is 35.7 Å². The monoisotopic (exact) mass is 296 g/mol. The molecule has 0 saturated carbocycles. The topological polar surface area (TPSA) is 110 Å². The van der Waals surface area contributed by atoms with E-state index in [1.807, 2.05) is 0 Å². The van der Waals surface area contributed by atoms with E-state index in [0.29, 0.717) is 29.4 Å². The maximum Gasteiger partial charge on any atom is 0.240 e. The molecule has 1 aromatic heterocycles. The third-order valence-electron chi connectivity index (χ3n) is 2.74. The number of nitrogen functional groups attached to an aromatic ring is 1. The fourth-order valence-corrected chi connectivity index (χ4v) is 2.42. The molecule has 2 rings (SSSR count). The first-order valence-corrected chi connectivity index (χ1v) is 7.40. The zero-order valence-electron chi connectivity index (χ0n) is 11.2. The Morgan fingerprint density at radius 1 is 1.35 bits per heavy atom. The third-order valence-corrected chi connectivity index (χ3v) is 4.15. The normalized spacial score (nSPS) is 11.5. The summed E-state index contributed by atoms with van der Waals surface area (Å²) < 4.78 is 30.7. The Kier molecular flexibility index (Phi) is 3.96. The molecule has 0 atom stereocenters. The smallest absolute Gasteiger partial charge is 0.240 e. The molecule has 0 fully saturated rings. The molecule has 0 amide bonds. The van der Waals surface area contributed by atoms with Gasteiger partial charge in [0.05, 0.1) is 22.8 Å². The molecule has 0 aliphatic rings. The first-order valence-electron chi connectivity index (χ1n) is 5.91. The number of anilines is 2. The van der Waals surface area contributed by atoms with Crippen molar-refractivity contribution in [2.75, 3.05) is 18.1 Å². The second kappa shape index (κ2) is 5.51. The summed E-state index contributed by atoms with van der Waals surface area (Å²) in [5.41, 5.74) is 7.52. The van der Waals surface area contributed by atoms with Crippen LogP contribution in [0, 0.1) is 6.92 Å². The lowest BCUT2D eigenvalue weighted by Gasteiger charge is -2.10. The molecule has 8 heteroatoms. The Bertz CT molecular complexity index is 709. The van der Waals surface area contributed by atoms with Gasteiger partial charge in [-0.15, -0.1) is 0 Å². The number of sulfonamides is 1. The molecule has 1 heterocycles. The van der Waals surface area contributed by atoms with Crippen LogP contribution in [0.4, 0.5) is 11.4 Å². The number of nitrogens with zero attached hydrogens (tertiary/aromatic N) is 1. The van der Waals surface area contributed by atoms with Crippen molar-refractivity contribution in [2.45, 2.75) is 18.4 Å². The summed E-state index contributed by atoms with van der Waals surface area (Å²) in [6, 6.07) is 6.26. The van der Waals surface area contributed by atoms with Crippen LogP contribution in [0.1, 0.15) is 11.5 Å². The van der Waals surface area contributed by atoms with Crippen LogP contribution in [-0.2, 0) is 16.6 Å². The molecule has 4 N–H and O–H groups in total. The van der Waals surface area contributed by atoms with Gasteiger partial charge in [0.1, 0.15) is 11.5 Å². The SMILES string of the molecule is CNS(=O)(=O)c1ccc(N)c(NCc2cc(C)on2)c1. The molecule has 0 saturated heterocycles. The van der Waals surface area contributed by atoms with Gasteiger partial charge < -0.3 is 15.6 Å². The Morgan fingerprint density at radius 2 is 2.10 bits per heavy atom. The Labute approximate surface area is 117 Å². The van der Waals surface area contributed by atoms with Crippen molar-refractivity contribution < 1.29 is 12.9 Å². The molecule has 0 spiro atoms. The van der Waals surface area contributed by atoms with E-state index in [1.54, 1.807) is 19.1 Å². The Hall–Kier alpha value is -2.06. The molecule has 0 unspecified atom stereocenters. The van der Waals surface area contributed by atoms with E-state index in [9.17, 15) is 8.42 Å². The highest BCUT2D eigenvalue weighted by Gasteiger charge is 2.13. The van der Waals surface area contributed by atoms with Crippen LogP contribution in [0.25, 0.3) is 0 Å². The van der Waals surface area contributed by atoms with Crippen LogP contribution in [-0.4, -0.2) is 20.6 Å². The van der Waals surface area contributed by atoms with Crippen molar-refractivity contribution >= 4 is 21.4 Å². The highest BCUT2D eigenvalue weighted by atomic mass is 32.2. The predicted octanol–water partition coefficient (Wildman–Crippen LogP) is 1.09. The number of rotatable bonds is 5. The first kappa shape index (κ1) is 14.4. The van der Waals surface area contributed by atoms with Crippen LogP contribution in [0.15, 0.2) is 33.7 Å². The molecule has 0 bridgehead atoms. The lowest BCUT2D eigenvalue weighted by Crippen LogP contribution is -2.18. The third kappa shape index (κ3) is 3.09. The first-order chi connectivity index (χ1) is 9.42. The number of nitrogens with two attached hydrogens (primary N) is 1. The highest BCUT2D eigenvalue weighted by Crippen LogP contribution is 2.23. The quantitative estimate of drug-likeness (QED) is 0.712. The van der Waals surface area contributed by atoms with Gasteiger partial charge >= 0.3 is 0 Å². The largest absolute Gasteiger partial charge is 0.397 e. The fourth-order valence-electron chi connectivity index (χ4n) is 1.66. The van der Waals surface area contributed by atoms with E-state index in [-0.39, 0.29) is 4.90 Å². The van der Waals surface area contributed by atoms with Gasteiger partial charge in [0.25, 0.3) is 0 Å². The fraction of sp³-hybridized carbons (Fsp3) is 0.250. The summed E-state index contributed by atoms with van der Waals surface area (Å²) in [4.78, 5) is 0.146.